The van der Waals surface area contributed by atoms with Crippen molar-refractivity contribution in [3.63, 3.8) is 0 Å². The number of benzene rings is 3. The Morgan fingerprint density at radius 3 is 1.38 bits per heavy atom. The summed E-state index contributed by atoms with van der Waals surface area (Å²) >= 11 is 5.90. The fraction of sp³-hybridized carbons (Fsp3) is 0.0952. The highest BCUT2D eigenvalue weighted by Crippen LogP contribution is 2.28. The molecule has 24 heavy (non-hydrogen) atoms. The Hall–Kier alpha value is -2.65. The van der Waals surface area contributed by atoms with Gasteiger partial charge in [0.05, 0.1) is 22.4 Å². The Kier molecular flexibility index (Phi) is 3.58. The van der Waals surface area contributed by atoms with Gasteiger partial charge in [-0.3, -0.25) is 9.13 Å². The van der Waals surface area contributed by atoms with E-state index in [0.717, 1.165) is 27.2 Å². The number of hydrogen-bond donors (Lipinski definition) is 0. The van der Waals surface area contributed by atoms with E-state index in [4.69, 9.17) is 12.2 Å². The maximum absolute atomic E-state index is 5.90. The van der Waals surface area contributed by atoms with E-state index in [1.165, 1.54) is 11.1 Å². The van der Waals surface area contributed by atoms with Crippen LogP contribution in [0.25, 0.3) is 22.4 Å². The molecule has 0 aliphatic carbocycles. The lowest BCUT2D eigenvalue weighted by Crippen LogP contribution is -2.00. The molecule has 0 radical (unpaired) electrons. The molecule has 0 fully saturated rings. The maximum Gasteiger partial charge on any atom is 0.190 e. The second-order valence-corrected chi connectivity index (χ2v) is 6.38. The summed E-state index contributed by atoms with van der Waals surface area (Å²) in [5.74, 6) is 0. The van der Waals surface area contributed by atoms with Gasteiger partial charge < -0.3 is 0 Å². The van der Waals surface area contributed by atoms with Gasteiger partial charge in [-0.15, -0.1) is 0 Å². The fourth-order valence-electron chi connectivity index (χ4n) is 3.24. The van der Waals surface area contributed by atoms with E-state index in [1.54, 1.807) is 0 Å². The molecule has 0 saturated carbocycles. The first-order valence-electron chi connectivity index (χ1n) is 8.03. The molecular formula is C21H18N2S. The van der Waals surface area contributed by atoms with E-state index in [2.05, 4.69) is 95.8 Å². The zero-order valence-corrected chi connectivity index (χ0v) is 14.5. The van der Waals surface area contributed by atoms with E-state index in [-0.39, 0.29) is 0 Å². The third-order valence-corrected chi connectivity index (χ3v) is 4.82. The number of imidazole rings is 1. The minimum absolute atomic E-state index is 0.791. The summed E-state index contributed by atoms with van der Waals surface area (Å²) in [5.41, 5.74) is 6.93. The average Bonchev–Trinajstić information content (AvgIpc) is 2.88. The number of fused-ring (bicyclic) bond motifs is 1. The van der Waals surface area contributed by atoms with Gasteiger partial charge in [-0.05, 0) is 61.5 Å². The smallest absolute Gasteiger partial charge is 0.190 e. The summed E-state index contributed by atoms with van der Waals surface area (Å²) in [7, 11) is 0. The van der Waals surface area contributed by atoms with E-state index < -0.39 is 0 Å². The normalized spacial score (nSPS) is 11.1. The minimum Gasteiger partial charge on any atom is -0.285 e. The molecule has 0 atom stereocenters. The molecule has 1 heterocycles. The van der Waals surface area contributed by atoms with E-state index in [9.17, 15) is 0 Å². The number of rotatable bonds is 2. The molecule has 0 amide bonds. The number of aryl methyl sites for hydroxylation is 2. The van der Waals surface area contributed by atoms with Crippen molar-refractivity contribution in [2.45, 2.75) is 13.8 Å². The third kappa shape index (κ3) is 2.21. The van der Waals surface area contributed by atoms with Crippen LogP contribution in [0.1, 0.15) is 11.1 Å². The van der Waals surface area contributed by atoms with Crippen molar-refractivity contribution in [2.24, 2.45) is 0 Å². The highest BCUT2D eigenvalue weighted by atomic mass is 32.1. The van der Waals surface area contributed by atoms with Gasteiger partial charge in [-0.1, -0.05) is 48.5 Å². The highest BCUT2D eigenvalue weighted by molar-refractivity contribution is 7.71. The first-order valence-corrected chi connectivity index (χ1v) is 8.44. The SMILES string of the molecule is Cc1ccccc1-n1c(=S)n(-c2ccccc2C)c2ccccc21. The van der Waals surface area contributed by atoms with Crippen LogP contribution < -0.4 is 0 Å². The molecule has 0 unspecified atom stereocenters. The summed E-state index contributed by atoms with van der Waals surface area (Å²) in [6, 6.07) is 25.1. The van der Waals surface area contributed by atoms with Crippen molar-refractivity contribution in [2.75, 3.05) is 0 Å². The Labute approximate surface area is 146 Å². The Balaban J connectivity index is 2.15. The lowest BCUT2D eigenvalue weighted by atomic mass is 10.2. The van der Waals surface area contributed by atoms with Gasteiger partial charge in [0, 0.05) is 0 Å². The van der Waals surface area contributed by atoms with Crippen LogP contribution in [0.3, 0.4) is 0 Å². The van der Waals surface area contributed by atoms with Crippen molar-refractivity contribution in [3.8, 4) is 11.4 Å². The number of nitrogens with zero attached hydrogens (tertiary/aromatic N) is 2. The molecule has 118 valence electrons. The van der Waals surface area contributed by atoms with Crippen LogP contribution in [0.4, 0.5) is 0 Å². The van der Waals surface area contributed by atoms with Gasteiger partial charge in [0.1, 0.15) is 0 Å². The maximum atomic E-state index is 5.90. The molecule has 0 aliphatic rings. The second-order valence-electron chi connectivity index (χ2n) is 6.02. The van der Waals surface area contributed by atoms with Gasteiger partial charge in [0.2, 0.25) is 0 Å². The summed E-state index contributed by atoms with van der Waals surface area (Å²) in [6.07, 6.45) is 0. The third-order valence-electron chi connectivity index (χ3n) is 4.46. The Morgan fingerprint density at radius 1 is 0.583 bits per heavy atom. The second kappa shape index (κ2) is 5.77. The lowest BCUT2D eigenvalue weighted by Gasteiger charge is -2.09. The van der Waals surface area contributed by atoms with Gasteiger partial charge in [-0.25, -0.2) is 0 Å². The van der Waals surface area contributed by atoms with Crippen LogP contribution in [0.5, 0.6) is 0 Å². The molecule has 0 saturated heterocycles. The summed E-state index contributed by atoms with van der Waals surface area (Å²) in [5, 5.41) is 0. The van der Waals surface area contributed by atoms with E-state index in [1.807, 2.05) is 0 Å². The molecule has 4 aromatic rings. The molecular weight excluding hydrogens is 312 g/mol. The topological polar surface area (TPSA) is 9.86 Å². The Morgan fingerprint density at radius 2 is 0.958 bits per heavy atom. The molecule has 0 aliphatic heterocycles. The number of para-hydroxylation sites is 4. The average molecular weight is 330 g/mol. The van der Waals surface area contributed by atoms with E-state index in [0.29, 0.717) is 0 Å². The zero-order chi connectivity index (χ0) is 16.7. The molecule has 4 rings (SSSR count). The standard InChI is InChI=1S/C21H18N2S/c1-15-9-3-5-11-17(15)22-19-13-7-8-14-20(19)23(21(22)24)18-12-6-4-10-16(18)2/h3-14H,1-2H3. The van der Waals surface area contributed by atoms with E-state index >= 15 is 0 Å². The van der Waals surface area contributed by atoms with Crippen LogP contribution in [0.2, 0.25) is 0 Å². The Bertz CT molecular complexity index is 1020. The molecule has 0 spiro atoms. The first kappa shape index (κ1) is 14.9. The van der Waals surface area contributed by atoms with Crippen LogP contribution in [-0.4, -0.2) is 9.13 Å². The first-order chi connectivity index (χ1) is 11.7. The molecule has 1 aromatic heterocycles. The predicted octanol–water partition coefficient (Wildman–Crippen LogP) is 5.77. The quantitative estimate of drug-likeness (QED) is 0.424. The molecule has 0 N–H and O–H groups in total. The van der Waals surface area contributed by atoms with Crippen molar-refractivity contribution in [1.29, 1.82) is 0 Å². The zero-order valence-electron chi connectivity index (χ0n) is 13.7. The van der Waals surface area contributed by atoms with Crippen molar-refractivity contribution in [1.82, 2.24) is 9.13 Å². The van der Waals surface area contributed by atoms with Gasteiger partial charge in [0.15, 0.2) is 4.77 Å². The monoisotopic (exact) mass is 330 g/mol. The highest BCUT2D eigenvalue weighted by Gasteiger charge is 2.15. The summed E-state index contributed by atoms with van der Waals surface area (Å²) < 4.78 is 5.14. The van der Waals surface area contributed by atoms with Gasteiger partial charge in [0.25, 0.3) is 0 Å². The van der Waals surface area contributed by atoms with Crippen LogP contribution in [-0.2, 0) is 0 Å². The molecule has 3 heteroatoms. The minimum atomic E-state index is 0.791. The number of hydrogen-bond acceptors (Lipinski definition) is 1. The van der Waals surface area contributed by atoms with Crippen LogP contribution in [0, 0.1) is 18.6 Å². The van der Waals surface area contributed by atoms with Crippen LogP contribution in [0.15, 0.2) is 72.8 Å². The van der Waals surface area contributed by atoms with Crippen molar-refractivity contribution in [3.05, 3.63) is 88.7 Å². The number of aromatic nitrogens is 2. The predicted molar refractivity (Wildman–Crippen MR) is 103 cm³/mol. The van der Waals surface area contributed by atoms with Gasteiger partial charge in [-0.2, -0.15) is 0 Å². The van der Waals surface area contributed by atoms with Crippen LogP contribution >= 0.6 is 12.2 Å². The van der Waals surface area contributed by atoms with Gasteiger partial charge >= 0.3 is 0 Å². The molecule has 0 bridgehead atoms. The lowest BCUT2D eigenvalue weighted by molar-refractivity contribution is 0.966. The summed E-state index contributed by atoms with van der Waals surface area (Å²) in [4.78, 5) is 0. The molecule has 2 nitrogen and oxygen atoms in total. The summed E-state index contributed by atoms with van der Waals surface area (Å²) in [6.45, 7) is 4.24. The fourth-order valence-corrected chi connectivity index (χ4v) is 3.64. The van der Waals surface area contributed by atoms with Crippen molar-refractivity contribution >= 4 is 23.3 Å². The molecule has 3 aromatic carbocycles. The van der Waals surface area contributed by atoms with Crippen molar-refractivity contribution < 1.29 is 0 Å². The largest absolute Gasteiger partial charge is 0.285 e.